The molecule has 0 unspecified atom stereocenters. The minimum atomic E-state index is -1.63. The summed E-state index contributed by atoms with van der Waals surface area (Å²) < 4.78 is 0. The first kappa shape index (κ1) is 23.0. The van der Waals surface area contributed by atoms with Crippen LogP contribution >= 0.6 is 0 Å². The van der Waals surface area contributed by atoms with E-state index in [1.54, 1.807) is 0 Å². The molecule has 0 amide bonds. The Balaban J connectivity index is -0.0000000625. The third-order valence-corrected chi connectivity index (χ3v) is 0.575. The van der Waals surface area contributed by atoms with Crippen LogP contribution < -0.4 is 10.2 Å². The molecule has 0 aliphatic heterocycles. The summed E-state index contributed by atoms with van der Waals surface area (Å²) in [5, 5.41) is 18.5. The summed E-state index contributed by atoms with van der Waals surface area (Å²) >= 11 is 0. The van der Waals surface area contributed by atoms with E-state index in [2.05, 4.69) is 0 Å². The Labute approximate surface area is 92.2 Å². The number of hydrogen-bond donors (Lipinski definition) is 0. The zero-order chi connectivity index (χ0) is 10.3. The van der Waals surface area contributed by atoms with Crippen molar-refractivity contribution in [1.29, 1.82) is 0 Å². The van der Waals surface area contributed by atoms with Crippen LogP contribution in [0.2, 0.25) is 0 Å². The van der Waals surface area contributed by atoms with Crippen molar-refractivity contribution < 1.29 is 54.3 Å². The predicted molar refractivity (Wildman–Crippen MR) is 35.0 cm³/mol. The molecule has 0 atom stereocenters. The number of Topliss-reactive ketones (excluding diaryl/α,β-unsaturated/α-hetero) is 2. The summed E-state index contributed by atoms with van der Waals surface area (Å²) in [6.45, 7) is 1.88. The fourth-order valence-corrected chi connectivity index (χ4v) is 0. The number of ketones is 2. The van der Waals surface area contributed by atoms with Crippen molar-refractivity contribution in [2.75, 3.05) is 0 Å². The Kier molecular flexibility index (Phi) is 19.5. The Morgan fingerprint density at radius 3 is 0.857 bits per heavy atom. The van der Waals surface area contributed by atoms with Gasteiger partial charge in [-0.1, -0.05) is 0 Å². The molecule has 0 rings (SSSR count). The van der Waals surface area contributed by atoms with Crippen LogP contribution in [-0.4, -0.2) is 29.0 Å². The van der Waals surface area contributed by atoms with Gasteiger partial charge in [-0.3, -0.25) is 9.59 Å². The Morgan fingerprint density at radius 1 is 0.786 bits per heavy atom. The molecule has 0 aliphatic carbocycles. The van der Waals surface area contributed by atoms with E-state index in [1.165, 1.54) is 0 Å². The first-order chi connectivity index (χ1) is 5.29. The number of carboxylic acids is 2. The van der Waals surface area contributed by atoms with E-state index in [1.807, 2.05) is 0 Å². The van der Waals surface area contributed by atoms with Crippen LogP contribution in [0.25, 0.3) is 0 Å². The summed E-state index contributed by atoms with van der Waals surface area (Å²) in [7, 11) is 0. The average Bonchev–Trinajstić information content (AvgIpc) is 1.88. The topological polar surface area (TPSA) is 146 Å². The SMILES string of the molecule is CC(=O)C(=O)[O-].CC(=O)C(=O)[O-].O.[Zn+2]. The predicted octanol–water partition coefficient (Wildman–Crippen LogP) is -4.18. The van der Waals surface area contributed by atoms with Gasteiger partial charge >= 0.3 is 19.5 Å². The monoisotopic (exact) mass is 256 g/mol. The summed E-state index contributed by atoms with van der Waals surface area (Å²) in [5.41, 5.74) is 0. The molecule has 0 aromatic rings. The zero-order valence-corrected chi connectivity index (χ0v) is 10.6. The molecule has 7 nitrogen and oxygen atoms in total. The van der Waals surface area contributed by atoms with Crippen molar-refractivity contribution in [2.45, 2.75) is 13.8 Å². The van der Waals surface area contributed by atoms with Crippen LogP contribution in [0.3, 0.4) is 0 Å². The second-order valence-corrected chi connectivity index (χ2v) is 1.69. The van der Waals surface area contributed by atoms with Gasteiger partial charge in [0.05, 0.1) is 0 Å². The van der Waals surface area contributed by atoms with Gasteiger partial charge in [0.2, 0.25) is 0 Å². The maximum absolute atomic E-state index is 9.48. The molecule has 0 aromatic carbocycles. The van der Waals surface area contributed by atoms with Gasteiger partial charge < -0.3 is 25.3 Å². The van der Waals surface area contributed by atoms with Gasteiger partial charge in [0.25, 0.3) is 0 Å². The zero-order valence-electron chi connectivity index (χ0n) is 7.66. The molecule has 0 saturated heterocycles. The molecular formula is C6H8O7Zn. The molecule has 0 saturated carbocycles. The number of carbonyl (C=O) groups excluding carboxylic acids is 4. The van der Waals surface area contributed by atoms with Gasteiger partial charge in [0.15, 0.2) is 11.6 Å². The van der Waals surface area contributed by atoms with E-state index in [4.69, 9.17) is 0 Å². The van der Waals surface area contributed by atoms with Crippen molar-refractivity contribution >= 4 is 23.5 Å². The number of hydrogen-bond acceptors (Lipinski definition) is 6. The molecule has 0 aromatic heterocycles. The van der Waals surface area contributed by atoms with E-state index >= 15 is 0 Å². The van der Waals surface area contributed by atoms with Crippen LogP contribution in [0.4, 0.5) is 0 Å². The van der Waals surface area contributed by atoms with E-state index in [0.717, 1.165) is 13.8 Å². The largest absolute Gasteiger partial charge is 2.00 e. The van der Waals surface area contributed by atoms with Gasteiger partial charge in [-0.05, 0) is 0 Å². The molecule has 8 heteroatoms. The first-order valence-corrected chi connectivity index (χ1v) is 2.72. The van der Waals surface area contributed by atoms with E-state index in [0.29, 0.717) is 0 Å². The van der Waals surface area contributed by atoms with Crippen molar-refractivity contribution in [2.24, 2.45) is 0 Å². The summed E-state index contributed by atoms with van der Waals surface area (Å²) in [6, 6.07) is 0. The van der Waals surface area contributed by atoms with Crippen molar-refractivity contribution in [3.05, 3.63) is 0 Å². The molecule has 0 bridgehead atoms. The van der Waals surface area contributed by atoms with Gasteiger partial charge in [-0.2, -0.15) is 0 Å². The molecular weight excluding hydrogens is 249 g/mol. The minimum Gasteiger partial charge on any atom is -0.542 e. The second kappa shape index (κ2) is 11.9. The van der Waals surface area contributed by atoms with Gasteiger partial charge in [0.1, 0.15) is 11.9 Å². The van der Waals surface area contributed by atoms with Crippen LogP contribution in [0, 0.1) is 0 Å². The first-order valence-electron chi connectivity index (χ1n) is 2.72. The van der Waals surface area contributed by atoms with Crippen LogP contribution in [0.5, 0.6) is 0 Å². The van der Waals surface area contributed by atoms with E-state index in [9.17, 15) is 29.4 Å². The smallest absolute Gasteiger partial charge is 0.542 e. The number of carbonyl (C=O) groups is 4. The van der Waals surface area contributed by atoms with Crippen LogP contribution in [0.15, 0.2) is 0 Å². The molecule has 0 spiro atoms. The molecule has 14 heavy (non-hydrogen) atoms. The Hall–Kier alpha value is -1.14. The van der Waals surface area contributed by atoms with Crippen molar-refractivity contribution in [3.63, 3.8) is 0 Å². The summed E-state index contributed by atoms with van der Waals surface area (Å²) in [6.07, 6.45) is 0. The molecule has 2 N–H and O–H groups in total. The normalized spacial score (nSPS) is 6.43. The van der Waals surface area contributed by atoms with E-state index < -0.39 is 23.5 Å². The fourth-order valence-electron chi connectivity index (χ4n) is 0. The Bertz CT molecular complexity index is 174. The molecule has 0 fully saturated rings. The second-order valence-electron chi connectivity index (χ2n) is 1.69. The third-order valence-electron chi connectivity index (χ3n) is 0.575. The van der Waals surface area contributed by atoms with Gasteiger partial charge in [-0.25, -0.2) is 0 Å². The Morgan fingerprint density at radius 2 is 0.857 bits per heavy atom. The standard InChI is InChI=1S/2C3H4O3.H2O.Zn/c2*1-2(4)3(5)6;;/h2*1H3,(H,5,6);1H2;/q;;;+2/p-2. The molecule has 76 valence electrons. The van der Waals surface area contributed by atoms with Gasteiger partial charge in [0, 0.05) is 13.8 Å². The third kappa shape index (κ3) is 22.4. The summed E-state index contributed by atoms with van der Waals surface area (Å²) in [5.74, 6) is -5.13. The number of rotatable bonds is 2. The quantitative estimate of drug-likeness (QED) is 0.362. The number of carboxylic acid groups (broad SMARTS) is 2. The van der Waals surface area contributed by atoms with Gasteiger partial charge in [-0.15, -0.1) is 0 Å². The average molecular weight is 258 g/mol. The molecule has 0 aliphatic rings. The molecule has 0 heterocycles. The fraction of sp³-hybridized carbons (Fsp3) is 0.333. The number of aliphatic carboxylic acids is 2. The minimum absolute atomic E-state index is 0. The van der Waals surface area contributed by atoms with Crippen LogP contribution in [-0.2, 0) is 38.7 Å². The summed E-state index contributed by atoms with van der Waals surface area (Å²) in [4.78, 5) is 37.4. The van der Waals surface area contributed by atoms with Crippen molar-refractivity contribution in [1.82, 2.24) is 0 Å². The molecule has 0 radical (unpaired) electrons. The van der Waals surface area contributed by atoms with Crippen molar-refractivity contribution in [3.8, 4) is 0 Å². The maximum atomic E-state index is 9.48. The van der Waals surface area contributed by atoms with Crippen LogP contribution in [0.1, 0.15) is 13.8 Å². The maximum Gasteiger partial charge on any atom is 2.00 e. The van der Waals surface area contributed by atoms with E-state index in [-0.39, 0.29) is 25.0 Å².